The quantitative estimate of drug-likeness (QED) is 0.408. The summed E-state index contributed by atoms with van der Waals surface area (Å²) in [4.78, 5) is -0.986. The van der Waals surface area contributed by atoms with Crippen LogP contribution in [-0.2, 0) is 57.2 Å². The lowest BCUT2D eigenvalue weighted by molar-refractivity contribution is 0.154. The van der Waals surface area contributed by atoms with Crippen LogP contribution in [0, 0.1) is 0 Å². The van der Waals surface area contributed by atoms with Gasteiger partial charge in [0.2, 0.25) is 0 Å². The zero-order chi connectivity index (χ0) is 22.2. The van der Waals surface area contributed by atoms with Crippen molar-refractivity contribution < 1.29 is 50.4 Å². The van der Waals surface area contributed by atoms with E-state index in [-0.39, 0.29) is 24.3 Å². The van der Waals surface area contributed by atoms with Crippen LogP contribution in [-0.4, -0.2) is 70.6 Å². The molecule has 0 aromatic heterocycles. The third-order valence-corrected chi connectivity index (χ3v) is 9.30. The van der Waals surface area contributed by atoms with E-state index in [1.54, 1.807) is 0 Å². The molecule has 2 saturated heterocycles. The Balaban J connectivity index is 1.66. The van der Waals surface area contributed by atoms with E-state index in [1.807, 2.05) is 0 Å². The summed E-state index contributed by atoms with van der Waals surface area (Å²) in [5.74, 6) is -0.504. The Hall–Kier alpha value is -1.14. The largest absolute Gasteiger partial charge is 0.297 e. The molecule has 16 heteroatoms. The van der Waals surface area contributed by atoms with E-state index in [9.17, 15) is 33.7 Å². The fourth-order valence-corrected chi connectivity index (χ4v) is 7.10. The lowest BCUT2D eigenvalue weighted by atomic mass is 10.3. The molecular weight excluding hydrogens is 488 g/mol. The van der Waals surface area contributed by atoms with E-state index in [1.165, 1.54) is 0 Å². The SMILES string of the molecule is O=S1(=O)CCC(COS(=O)(=O)c2cccc(S(=O)(=O)OCC3CCS(=O)(=O)O3)c2)O1. The minimum Gasteiger partial charge on any atom is -0.264 e. The van der Waals surface area contributed by atoms with Gasteiger partial charge in [0.05, 0.1) is 34.5 Å². The summed E-state index contributed by atoms with van der Waals surface area (Å²) in [6.07, 6.45) is -1.77. The van der Waals surface area contributed by atoms with Gasteiger partial charge in [-0.05, 0) is 31.0 Å². The van der Waals surface area contributed by atoms with Gasteiger partial charge in [-0.25, -0.2) is 0 Å². The molecule has 2 unspecified atom stereocenters. The molecule has 2 aliphatic rings. The van der Waals surface area contributed by atoms with E-state index < -0.39 is 75.7 Å². The van der Waals surface area contributed by atoms with E-state index in [4.69, 9.17) is 8.37 Å². The maximum absolute atomic E-state index is 12.3. The summed E-state index contributed by atoms with van der Waals surface area (Å²) in [5.41, 5.74) is 0. The first-order valence-corrected chi connectivity index (χ1v) is 14.5. The minimum absolute atomic E-state index is 0.0685. The molecule has 0 radical (unpaired) electrons. The second-order valence-electron chi connectivity index (χ2n) is 6.49. The molecule has 12 nitrogen and oxygen atoms in total. The topological polar surface area (TPSA) is 173 Å². The van der Waals surface area contributed by atoms with Crippen LogP contribution < -0.4 is 0 Å². The monoisotopic (exact) mass is 506 g/mol. The molecule has 1 aromatic carbocycles. The van der Waals surface area contributed by atoms with E-state index in [2.05, 4.69) is 8.37 Å². The van der Waals surface area contributed by atoms with Crippen molar-refractivity contribution in [2.45, 2.75) is 34.8 Å². The van der Waals surface area contributed by atoms with Gasteiger partial charge in [-0.2, -0.15) is 33.7 Å². The van der Waals surface area contributed by atoms with Crippen molar-refractivity contribution in [1.29, 1.82) is 0 Å². The second kappa shape index (κ2) is 8.42. The molecular formula is C14H18O12S4. The van der Waals surface area contributed by atoms with Crippen LogP contribution in [0.1, 0.15) is 12.8 Å². The summed E-state index contributed by atoms with van der Waals surface area (Å²) >= 11 is 0. The van der Waals surface area contributed by atoms with Gasteiger partial charge < -0.3 is 0 Å². The molecule has 2 fully saturated rings. The van der Waals surface area contributed by atoms with Crippen LogP contribution in [0.5, 0.6) is 0 Å². The first-order valence-electron chi connectivity index (χ1n) is 8.49. The van der Waals surface area contributed by atoms with E-state index in [0.717, 1.165) is 24.3 Å². The van der Waals surface area contributed by atoms with Gasteiger partial charge >= 0.3 is 0 Å². The van der Waals surface area contributed by atoms with Crippen molar-refractivity contribution in [3.05, 3.63) is 24.3 Å². The zero-order valence-corrected chi connectivity index (χ0v) is 18.5. The molecule has 0 saturated carbocycles. The maximum atomic E-state index is 12.3. The smallest absolute Gasteiger partial charge is 0.264 e. The van der Waals surface area contributed by atoms with Crippen LogP contribution in [0.25, 0.3) is 0 Å². The Morgan fingerprint density at radius 2 is 1.20 bits per heavy atom. The summed E-state index contributed by atoms with van der Waals surface area (Å²) in [6.45, 7) is -1.11. The summed E-state index contributed by atoms with van der Waals surface area (Å²) in [6, 6.07) is 4.14. The van der Waals surface area contributed by atoms with Gasteiger partial charge in [0, 0.05) is 0 Å². The molecule has 0 amide bonds. The molecule has 2 aliphatic heterocycles. The molecule has 170 valence electrons. The lowest BCUT2D eigenvalue weighted by Crippen LogP contribution is -2.20. The fraction of sp³-hybridized carbons (Fsp3) is 0.571. The van der Waals surface area contributed by atoms with Gasteiger partial charge in [0.15, 0.2) is 0 Å². The number of hydrogen-bond acceptors (Lipinski definition) is 12. The predicted octanol–water partition coefficient (Wildman–Crippen LogP) is -0.665. The normalized spacial score (nSPS) is 26.0. The van der Waals surface area contributed by atoms with Crippen LogP contribution >= 0.6 is 0 Å². The van der Waals surface area contributed by atoms with Crippen molar-refractivity contribution in [3.63, 3.8) is 0 Å². The number of benzene rings is 1. The maximum Gasteiger partial charge on any atom is 0.297 e. The third-order valence-electron chi connectivity index (χ3n) is 4.15. The highest BCUT2D eigenvalue weighted by Gasteiger charge is 2.32. The van der Waals surface area contributed by atoms with E-state index >= 15 is 0 Å². The Bertz CT molecular complexity index is 1120. The van der Waals surface area contributed by atoms with Gasteiger partial charge in [0.25, 0.3) is 40.5 Å². The third kappa shape index (κ3) is 5.97. The Morgan fingerprint density at radius 3 is 1.53 bits per heavy atom. The van der Waals surface area contributed by atoms with Gasteiger partial charge in [-0.3, -0.25) is 16.7 Å². The van der Waals surface area contributed by atoms with Gasteiger partial charge in [0.1, 0.15) is 12.2 Å². The molecule has 2 heterocycles. The van der Waals surface area contributed by atoms with Gasteiger partial charge in [-0.1, -0.05) is 6.07 Å². The van der Waals surface area contributed by atoms with Crippen molar-refractivity contribution in [2.75, 3.05) is 24.7 Å². The van der Waals surface area contributed by atoms with Crippen molar-refractivity contribution in [1.82, 2.24) is 0 Å². The minimum atomic E-state index is -4.41. The van der Waals surface area contributed by atoms with Gasteiger partial charge in [-0.15, -0.1) is 0 Å². The molecule has 3 rings (SSSR count). The first kappa shape index (κ1) is 23.5. The van der Waals surface area contributed by atoms with Crippen LogP contribution in [0.15, 0.2) is 34.1 Å². The van der Waals surface area contributed by atoms with Crippen molar-refractivity contribution in [2.24, 2.45) is 0 Å². The molecule has 0 spiro atoms. The molecule has 1 aromatic rings. The molecule has 0 bridgehead atoms. The average Bonchev–Trinajstić information content (AvgIpc) is 3.19. The standard InChI is InChI=1S/C14H18O12S4/c15-27(16)6-4-11(25-27)9-23-29(19,20)13-2-1-3-14(8-13)30(21,22)24-10-12-5-7-28(17,18)26-12/h1-3,8,11-12H,4-7,9-10H2. The summed E-state index contributed by atoms with van der Waals surface area (Å²) in [5, 5.41) is 0. The zero-order valence-electron chi connectivity index (χ0n) is 15.2. The highest BCUT2D eigenvalue weighted by molar-refractivity contribution is 7.88. The lowest BCUT2D eigenvalue weighted by Gasteiger charge is -2.11. The molecule has 0 N–H and O–H groups in total. The van der Waals surface area contributed by atoms with Crippen molar-refractivity contribution >= 4 is 40.5 Å². The highest BCUT2D eigenvalue weighted by Crippen LogP contribution is 2.23. The first-order chi connectivity index (χ1) is 13.8. The Morgan fingerprint density at radius 1 is 0.800 bits per heavy atom. The second-order valence-corrected chi connectivity index (χ2v) is 13.2. The number of rotatable bonds is 8. The van der Waals surface area contributed by atoms with Crippen LogP contribution in [0.2, 0.25) is 0 Å². The Kier molecular flexibility index (Phi) is 6.60. The highest BCUT2D eigenvalue weighted by atomic mass is 32.2. The van der Waals surface area contributed by atoms with Crippen LogP contribution in [0.3, 0.4) is 0 Å². The summed E-state index contributed by atoms with van der Waals surface area (Å²) < 4.78 is 113. The molecule has 30 heavy (non-hydrogen) atoms. The summed E-state index contributed by atoms with van der Waals surface area (Å²) in [7, 11) is -16.2. The predicted molar refractivity (Wildman–Crippen MR) is 99.3 cm³/mol. The van der Waals surface area contributed by atoms with E-state index in [0.29, 0.717) is 0 Å². The average molecular weight is 507 g/mol. The molecule has 0 aliphatic carbocycles. The van der Waals surface area contributed by atoms with Crippen molar-refractivity contribution in [3.8, 4) is 0 Å². The Labute approximate surface area is 174 Å². The van der Waals surface area contributed by atoms with Crippen LogP contribution in [0.4, 0.5) is 0 Å². The fourth-order valence-electron chi connectivity index (χ4n) is 2.63. The molecule has 2 atom stereocenters. The number of hydrogen-bond donors (Lipinski definition) is 0.